The molecule has 1 aromatic heterocycles. The first kappa shape index (κ1) is 26.2. The highest BCUT2D eigenvalue weighted by Crippen LogP contribution is 2.28. The van der Waals surface area contributed by atoms with E-state index in [0.717, 1.165) is 81.4 Å². The third-order valence-corrected chi connectivity index (χ3v) is 5.51. The maximum absolute atomic E-state index is 5.54. The third-order valence-electron chi connectivity index (χ3n) is 5.51. The molecular formula is C22H36IN7O2. The van der Waals surface area contributed by atoms with Crippen LogP contribution in [0.15, 0.2) is 29.3 Å². The third kappa shape index (κ3) is 6.96. The highest BCUT2D eigenvalue weighted by Gasteiger charge is 2.22. The zero-order valence-electron chi connectivity index (χ0n) is 19.6. The molecule has 0 atom stereocenters. The van der Waals surface area contributed by atoms with Crippen molar-refractivity contribution in [3.05, 3.63) is 35.9 Å². The molecule has 1 aliphatic rings. The average molecular weight is 557 g/mol. The van der Waals surface area contributed by atoms with Gasteiger partial charge in [0.2, 0.25) is 0 Å². The van der Waals surface area contributed by atoms with Gasteiger partial charge in [-0.15, -0.1) is 34.2 Å². The number of aliphatic imine (C=N–C) groups is 1. The van der Waals surface area contributed by atoms with Crippen LogP contribution in [0.25, 0.3) is 0 Å². The minimum atomic E-state index is 0. The van der Waals surface area contributed by atoms with Crippen molar-refractivity contribution >= 4 is 35.6 Å². The minimum absolute atomic E-state index is 0. The van der Waals surface area contributed by atoms with Gasteiger partial charge in [0.05, 0.1) is 12.8 Å². The number of halogens is 1. The van der Waals surface area contributed by atoms with E-state index in [4.69, 9.17) is 14.5 Å². The van der Waals surface area contributed by atoms with Gasteiger partial charge in [0.15, 0.2) is 11.8 Å². The molecule has 0 bridgehead atoms. The van der Waals surface area contributed by atoms with Crippen LogP contribution in [0.4, 0.5) is 5.69 Å². The Morgan fingerprint density at radius 1 is 1.16 bits per heavy atom. The molecule has 1 aromatic carbocycles. The fourth-order valence-electron chi connectivity index (χ4n) is 3.57. The highest BCUT2D eigenvalue weighted by atomic mass is 127. The first-order valence-corrected chi connectivity index (χ1v) is 11.0. The second kappa shape index (κ2) is 13.5. The number of aryl methyl sites for hydroxylation is 1. The quantitative estimate of drug-likeness (QED) is 0.220. The summed E-state index contributed by atoms with van der Waals surface area (Å²) >= 11 is 0. The summed E-state index contributed by atoms with van der Waals surface area (Å²) in [5.41, 5.74) is 1.14. The van der Waals surface area contributed by atoms with E-state index in [-0.39, 0.29) is 24.0 Å². The molecule has 0 saturated carbocycles. The lowest BCUT2D eigenvalue weighted by atomic mass is 10.2. The van der Waals surface area contributed by atoms with Crippen molar-refractivity contribution in [3.8, 4) is 5.75 Å². The summed E-state index contributed by atoms with van der Waals surface area (Å²) in [6, 6.07) is 8.19. The monoisotopic (exact) mass is 557 g/mol. The van der Waals surface area contributed by atoms with E-state index in [1.807, 2.05) is 37.6 Å². The Morgan fingerprint density at radius 3 is 2.56 bits per heavy atom. The van der Waals surface area contributed by atoms with Gasteiger partial charge in [0, 0.05) is 53.0 Å². The summed E-state index contributed by atoms with van der Waals surface area (Å²) in [6.07, 6.45) is 0.942. The Balaban J connectivity index is 0.00000363. The molecule has 3 rings (SSSR count). The number of guanidine groups is 1. The molecular weight excluding hydrogens is 521 g/mol. The maximum atomic E-state index is 5.54. The van der Waals surface area contributed by atoms with Crippen molar-refractivity contribution in [2.75, 3.05) is 57.9 Å². The number of hydrogen-bond donors (Lipinski definition) is 1. The van der Waals surface area contributed by atoms with Crippen molar-refractivity contribution in [1.29, 1.82) is 0 Å². The van der Waals surface area contributed by atoms with Gasteiger partial charge in [-0.05, 0) is 32.4 Å². The molecule has 0 unspecified atom stereocenters. The first-order valence-electron chi connectivity index (χ1n) is 11.0. The lowest BCUT2D eigenvalue weighted by molar-refractivity contribution is 0.145. The Morgan fingerprint density at radius 2 is 1.91 bits per heavy atom. The van der Waals surface area contributed by atoms with Crippen LogP contribution in [0.1, 0.15) is 25.0 Å². The molecule has 1 N–H and O–H groups in total. The molecule has 1 fully saturated rings. The fraction of sp³-hybridized carbons (Fsp3) is 0.591. The van der Waals surface area contributed by atoms with Crippen molar-refractivity contribution in [2.24, 2.45) is 12.0 Å². The van der Waals surface area contributed by atoms with Crippen LogP contribution in [0.3, 0.4) is 0 Å². The standard InChI is InChI=1S/C22H35N7O2.HI/c1-5-31-16-8-11-23-22(24-17-21-26-25-18(2)27(21)3)29-14-12-28(13-15-29)19-9-6-7-10-20(19)30-4;/h6-7,9-10H,5,8,11-17H2,1-4H3,(H,23,24);1H. The van der Waals surface area contributed by atoms with Crippen LogP contribution in [-0.2, 0) is 18.3 Å². The van der Waals surface area contributed by atoms with Crippen LogP contribution in [0.2, 0.25) is 0 Å². The van der Waals surface area contributed by atoms with Gasteiger partial charge in [-0.25, -0.2) is 4.99 Å². The van der Waals surface area contributed by atoms with Gasteiger partial charge >= 0.3 is 0 Å². The number of methoxy groups -OCH3 is 1. The van der Waals surface area contributed by atoms with Gasteiger partial charge < -0.3 is 29.2 Å². The number of hydrogen-bond acceptors (Lipinski definition) is 6. The Labute approximate surface area is 208 Å². The summed E-state index contributed by atoms with van der Waals surface area (Å²) in [7, 11) is 3.70. The molecule has 32 heavy (non-hydrogen) atoms. The van der Waals surface area contributed by atoms with Crippen molar-refractivity contribution < 1.29 is 9.47 Å². The first-order chi connectivity index (χ1) is 15.1. The molecule has 0 spiro atoms. The molecule has 2 heterocycles. The number of benzene rings is 1. The predicted molar refractivity (Wildman–Crippen MR) is 138 cm³/mol. The number of piperazine rings is 1. The highest BCUT2D eigenvalue weighted by molar-refractivity contribution is 14.0. The van der Waals surface area contributed by atoms with E-state index in [0.29, 0.717) is 6.54 Å². The topological polar surface area (TPSA) is 80.0 Å². The van der Waals surface area contributed by atoms with Gasteiger partial charge in [-0.2, -0.15) is 0 Å². The largest absolute Gasteiger partial charge is 0.495 e. The number of para-hydroxylation sites is 2. The Bertz CT molecular complexity index is 851. The van der Waals surface area contributed by atoms with Crippen molar-refractivity contribution in [1.82, 2.24) is 25.0 Å². The van der Waals surface area contributed by atoms with Gasteiger partial charge in [-0.1, -0.05) is 12.1 Å². The summed E-state index contributed by atoms with van der Waals surface area (Å²) in [5, 5.41) is 11.9. The van der Waals surface area contributed by atoms with Gasteiger partial charge in [-0.3, -0.25) is 0 Å². The lowest BCUT2D eigenvalue weighted by Gasteiger charge is -2.38. The van der Waals surface area contributed by atoms with Gasteiger partial charge in [0.1, 0.15) is 18.1 Å². The number of anilines is 1. The summed E-state index contributed by atoms with van der Waals surface area (Å²) in [5.74, 6) is 3.58. The number of nitrogens with one attached hydrogen (secondary N) is 1. The molecule has 0 aliphatic carbocycles. The molecule has 1 saturated heterocycles. The molecule has 0 amide bonds. The lowest BCUT2D eigenvalue weighted by Crippen LogP contribution is -2.52. The van der Waals surface area contributed by atoms with E-state index in [2.05, 4.69) is 37.4 Å². The number of aromatic nitrogens is 3. The molecule has 9 nitrogen and oxygen atoms in total. The Hall–Kier alpha value is -2.08. The summed E-state index contributed by atoms with van der Waals surface area (Å²) in [6.45, 7) is 10.4. The molecule has 2 aromatic rings. The second-order valence-electron chi connectivity index (χ2n) is 7.49. The van der Waals surface area contributed by atoms with Crippen LogP contribution >= 0.6 is 24.0 Å². The van der Waals surface area contributed by atoms with E-state index >= 15 is 0 Å². The molecule has 0 radical (unpaired) electrons. The average Bonchev–Trinajstić information content (AvgIpc) is 3.13. The number of nitrogens with zero attached hydrogens (tertiary/aromatic N) is 6. The van der Waals surface area contributed by atoms with E-state index in [1.54, 1.807) is 7.11 Å². The van der Waals surface area contributed by atoms with Gasteiger partial charge in [0.25, 0.3) is 0 Å². The van der Waals surface area contributed by atoms with Crippen LogP contribution < -0.4 is 15.0 Å². The Kier molecular flexibility index (Phi) is 11.0. The summed E-state index contributed by atoms with van der Waals surface area (Å²) in [4.78, 5) is 9.55. The van der Waals surface area contributed by atoms with Crippen LogP contribution in [0, 0.1) is 6.92 Å². The van der Waals surface area contributed by atoms with Crippen molar-refractivity contribution in [2.45, 2.75) is 26.8 Å². The fourth-order valence-corrected chi connectivity index (χ4v) is 3.57. The molecule has 1 aliphatic heterocycles. The van der Waals surface area contributed by atoms with E-state index in [1.165, 1.54) is 0 Å². The van der Waals surface area contributed by atoms with E-state index < -0.39 is 0 Å². The van der Waals surface area contributed by atoms with Crippen LogP contribution in [-0.4, -0.2) is 78.7 Å². The number of ether oxygens (including phenoxy) is 2. The zero-order valence-corrected chi connectivity index (χ0v) is 21.9. The smallest absolute Gasteiger partial charge is 0.194 e. The molecule has 10 heteroatoms. The maximum Gasteiger partial charge on any atom is 0.194 e. The zero-order chi connectivity index (χ0) is 22.1. The van der Waals surface area contributed by atoms with E-state index in [9.17, 15) is 0 Å². The normalized spacial score (nSPS) is 14.3. The number of rotatable bonds is 9. The van der Waals surface area contributed by atoms with Crippen LogP contribution in [0.5, 0.6) is 5.75 Å². The SMILES string of the molecule is CCOCCCNC(=NCc1nnc(C)n1C)N1CCN(c2ccccc2OC)CC1.I. The van der Waals surface area contributed by atoms with Crippen molar-refractivity contribution in [3.63, 3.8) is 0 Å². The second-order valence-corrected chi connectivity index (χ2v) is 7.49. The minimum Gasteiger partial charge on any atom is -0.495 e. The summed E-state index contributed by atoms with van der Waals surface area (Å²) < 4.78 is 13.0. The molecule has 178 valence electrons. The predicted octanol–water partition coefficient (Wildman–Crippen LogP) is 2.44.